The number of benzene rings is 2. The minimum atomic E-state index is -0.894. The molecule has 27 heavy (non-hydrogen) atoms. The largest absolute Gasteiger partial charge is 0.486 e. The fraction of sp³-hybridized carbons (Fsp3) is 0.316. The Balaban J connectivity index is 0.00000261. The van der Waals surface area contributed by atoms with Crippen molar-refractivity contribution in [2.45, 2.75) is 18.9 Å². The molecule has 6 nitrogen and oxygen atoms in total. The smallest absolute Gasteiger partial charge is 0.220 e. The second-order valence-electron chi connectivity index (χ2n) is 6.05. The first-order valence-corrected chi connectivity index (χ1v) is 8.79. The SMILES string of the molecule is Cl.Nc1ccccc1CCC(=O)NCC(O)c1cc(Cl)c2c(c1)OCCO2. The molecule has 2 aromatic carbocycles. The third kappa shape index (κ3) is 5.42. The van der Waals surface area contributed by atoms with E-state index in [9.17, 15) is 9.90 Å². The molecular weight excluding hydrogens is 391 g/mol. The number of hydrogen-bond donors (Lipinski definition) is 3. The topological polar surface area (TPSA) is 93.8 Å². The van der Waals surface area contributed by atoms with Gasteiger partial charge in [0.05, 0.1) is 11.1 Å². The number of rotatable bonds is 6. The molecule has 0 radical (unpaired) electrons. The number of carbonyl (C=O) groups excluding carboxylic acids is 1. The fourth-order valence-corrected chi connectivity index (χ4v) is 3.02. The van der Waals surface area contributed by atoms with Gasteiger partial charge in [0, 0.05) is 18.7 Å². The van der Waals surface area contributed by atoms with Crippen molar-refractivity contribution in [3.8, 4) is 11.5 Å². The lowest BCUT2D eigenvalue weighted by Crippen LogP contribution is -2.28. The highest BCUT2D eigenvalue weighted by Crippen LogP contribution is 2.39. The monoisotopic (exact) mass is 412 g/mol. The quantitative estimate of drug-likeness (QED) is 0.634. The molecule has 1 heterocycles. The lowest BCUT2D eigenvalue weighted by atomic mass is 10.1. The van der Waals surface area contributed by atoms with E-state index in [1.165, 1.54) is 0 Å². The van der Waals surface area contributed by atoms with Gasteiger partial charge in [0.1, 0.15) is 13.2 Å². The summed E-state index contributed by atoms with van der Waals surface area (Å²) in [6.45, 7) is 0.956. The van der Waals surface area contributed by atoms with Gasteiger partial charge in [-0.05, 0) is 35.7 Å². The van der Waals surface area contributed by atoms with E-state index in [1.54, 1.807) is 12.1 Å². The van der Waals surface area contributed by atoms with E-state index in [4.69, 9.17) is 26.8 Å². The van der Waals surface area contributed by atoms with Crippen LogP contribution in [0.4, 0.5) is 5.69 Å². The van der Waals surface area contributed by atoms with Crippen LogP contribution >= 0.6 is 24.0 Å². The summed E-state index contributed by atoms with van der Waals surface area (Å²) in [6, 6.07) is 10.8. The maximum atomic E-state index is 12.0. The van der Waals surface area contributed by atoms with Crippen molar-refractivity contribution in [3.63, 3.8) is 0 Å². The van der Waals surface area contributed by atoms with Crippen LogP contribution in [-0.2, 0) is 11.2 Å². The Labute approximate surface area is 169 Å². The summed E-state index contributed by atoms with van der Waals surface area (Å²) in [4.78, 5) is 12.0. The van der Waals surface area contributed by atoms with E-state index in [0.717, 1.165) is 5.56 Å². The van der Waals surface area contributed by atoms with Crippen molar-refractivity contribution in [3.05, 3.63) is 52.5 Å². The molecule has 0 aliphatic carbocycles. The van der Waals surface area contributed by atoms with Crippen LogP contribution in [0.3, 0.4) is 0 Å². The number of nitrogens with two attached hydrogens (primary N) is 1. The zero-order valence-electron chi connectivity index (χ0n) is 14.6. The zero-order valence-corrected chi connectivity index (χ0v) is 16.2. The van der Waals surface area contributed by atoms with Gasteiger partial charge >= 0.3 is 0 Å². The van der Waals surface area contributed by atoms with Gasteiger partial charge < -0.3 is 25.6 Å². The molecule has 2 aromatic rings. The van der Waals surface area contributed by atoms with E-state index in [2.05, 4.69) is 5.32 Å². The number of fused-ring (bicyclic) bond motifs is 1. The van der Waals surface area contributed by atoms with E-state index < -0.39 is 6.10 Å². The van der Waals surface area contributed by atoms with Crippen molar-refractivity contribution < 1.29 is 19.4 Å². The number of ether oxygens (including phenoxy) is 2. The van der Waals surface area contributed by atoms with Gasteiger partial charge in [-0.15, -0.1) is 12.4 Å². The number of halogens is 2. The Morgan fingerprint density at radius 3 is 2.78 bits per heavy atom. The van der Waals surface area contributed by atoms with Crippen molar-refractivity contribution in [1.82, 2.24) is 5.32 Å². The summed E-state index contributed by atoms with van der Waals surface area (Å²) in [5.41, 5.74) is 8.04. The van der Waals surface area contributed by atoms with Crippen LogP contribution in [0.5, 0.6) is 11.5 Å². The molecule has 0 saturated carbocycles. The molecule has 0 spiro atoms. The van der Waals surface area contributed by atoms with Gasteiger partial charge in [-0.3, -0.25) is 4.79 Å². The molecule has 1 unspecified atom stereocenters. The number of hydrogen-bond acceptors (Lipinski definition) is 5. The maximum absolute atomic E-state index is 12.0. The van der Waals surface area contributed by atoms with Crippen LogP contribution < -0.4 is 20.5 Å². The normalized spacial score (nSPS) is 13.4. The predicted octanol–water partition coefficient (Wildman–Crippen LogP) is 2.90. The standard InChI is InChI=1S/C19H21ClN2O4.ClH/c20-14-9-13(10-17-19(14)26-8-7-25-17)16(23)11-22-18(24)6-5-12-3-1-2-4-15(12)21;/h1-4,9-10,16,23H,5-8,11,21H2,(H,22,24);1H. The second kappa shape index (κ2) is 9.69. The molecule has 3 rings (SSSR count). The molecular formula is C19H22Cl2N2O4. The van der Waals surface area contributed by atoms with E-state index in [0.29, 0.717) is 53.8 Å². The molecule has 0 aromatic heterocycles. The number of aliphatic hydroxyl groups excluding tert-OH is 1. The number of para-hydroxylation sites is 1. The first-order valence-electron chi connectivity index (χ1n) is 8.42. The lowest BCUT2D eigenvalue weighted by molar-refractivity contribution is -0.121. The summed E-state index contributed by atoms with van der Waals surface area (Å²) in [5, 5.41) is 13.4. The molecule has 1 atom stereocenters. The van der Waals surface area contributed by atoms with Gasteiger partial charge in [0.25, 0.3) is 0 Å². The first-order chi connectivity index (χ1) is 12.5. The maximum Gasteiger partial charge on any atom is 0.220 e. The molecule has 0 bridgehead atoms. The second-order valence-corrected chi connectivity index (χ2v) is 6.45. The summed E-state index contributed by atoms with van der Waals surface area (Å²) in [7, 11) is 0. The fourth-order valence-electron chi connectivity index (χ4n) is 2.75. The average Bonchev–Trinajstić information content (AvgIpc) is 2.65. The molecule has 0 fully saturated rings. The van der Waals surface area contributed by atoms with E-state index in [1.807, 2.05) is 24.3 Å². The van der Waals surface area contributed by atoms with E-state index in [-0.39, 0.29) is 24.9 Å². The highest BCUT2D eigenvalue weighted by atomic mass is 35.5. The van der Waals surface area contributed by atoms with Crippen molar-refractivity contribution in [2.75, 3.05) is 25.5 Å². The molecule has 1 amide bonds. The number of aryl methyl sites for hydroxylation is 1. The molecule has 146 valence electrons. The van der Waals surface area contributed by atoms with Crippen molar-refractivity contribution in [2.24, 2.45) is 0 Å². The highest BCUT2D eigenvalue weighted by molar-refractivity contribution is 6.32. The number of nitrogens with one attached hydrogen (secondary N) is 1. The van der Waals surface area contributed by atoms with Crippen molar-refractivity contribution >= 4 is 35.6 Å². The third-order valence-corrected chi connectivity index (χ3v) is 4.45. The Bertz CT molecular complexity index is 801. The number of anilines is 1. The average molecular weight is 413 g/mol. The Morgan fingerprint density at radius 1 is 1.26 bits per heavy atom. The first kappa shape index (κ1) is 21.2. The van der Waals surface area contributed by atoms with Crippen LogP contribution in [0.1, 0.15) is 23.7 Å². The third-order valence-electron chi connectivity index (χ3n) is 4.17. The minimum Gasteiger partial charge on any atom is -0.486 e. The number of amides is 1. The molecule has 1 aliphatic rings. The van der Waals surface area contributed by atoms with Gasteiger partial charge in [0.15, 0.2) is 11.5 Å². The highest BCUT2D eigenvalue weighted by Gasteiger charge is 2.20. The van der Waals surface area contributed by atoms with Crippen LogP contribution in [0.15, 0.2) is 36.4 Å². The Hall–Kier alpha value is -2.15. The summed E-state index contributed by atoms with van der Waals surface area (Å²) in [6.07, 6.45) is -0.0538. The summed E-state index contributed by atoms with van der Waals surface area (Å²) < 4.78 is 11.0. The molecule has 1 aliphatic heterocycles. The zero-order chi connectivity index (χ0) is 18.5. The molecule has 8 heteroatoms. The minimum absolute atomic E-state index is 0. The van der Waals surface area contributed by atoms with Gasteiger partial charge in [-0.2, -0.15) is 0 Å². The van der Waals surface area contributed by atoms with Gasteiger partial charge in [0.2, 0.25) is 5.91 Å². The Kier molecular flexibility index (Phi) is 7.59. The van der Waals surface area contributed by atoms with Crippen LogP contribution in [-0.4, -0.2) is 30.8 Å². The number of aliphatic hydroxyl groups is 1. The summed E-state index contributed by atoms with van der Waals surface area (Å²) in [5.74, 6) is 0.831. The molecule has 0 saturated heterocycles. The number of nitrogen functional groups attached to an aromatic ring is 1. The Morgan fingerprint density at radius 2 is 2.00 bits per heavy atom. The van der Waals surface area contributed by atoms with Crippen LogP contribution in [0.25, 0.3) is 0 Å². The summed E-state index contributed by atoms with van der Waals surface area (Å²) >= 11 is 6.17. The van der Waals surface area contributed by atoms with Crippen molar-refractivity contribution in [1.29, 1.82) is 0 Å². The van der Waals surface area contributed by atoms with Gasteiger partial charge in [-0.25, -0.2) is 0 Å². The van der Waals surface area contributed by atoms with E-state index >= 15 is 0 Å². The lowest BCUT2D eigenvalue weighted by Gasteiger charge is -2.21. The van der Waals surface area contributed by atoms with Crippen LogP contribution in [0, 0.1) is 0 Å². The predicted molar refractivity (Wildman–Crippen MR) is 107 cm³/mol. The number of carbonyl (C=O) groups is 1. The van der Waals surface area contributed by atoms with Gasteiger partial charge in [-0.1, -0.05) is 29.8 Å². The molecule has 4 N–H and O–H groups in total. The van der Waals surface area contributed by atoms with Crippen LogP contribution in [0.2, 0.25) is 5.02 Å².